The van der Waals surface area contributed by atoms with Gasteiger partial charge < -0.3 is 5.11 Å². The Morgan fingerprint density at radius 2 is 1.43 bits per heavy atom. The van der Waals surface area contributed by atoms with E-state index in [1.807, 2.05) is 6.92 Å². The summed E-state index contributed by atoms with van der Waals surface area (Å²) in [5, 5.41) is 10.2. The normalized spacial score (nSPS) is 13.6. The van der Waals surface area contributed by atoms with Crippen LogP contribution in [0.5, 0.6) is 0 Å². The molecule has 0 saturated carbocycles. The number of rotatable bonds is 7. The minimum atomic E-state index is -4.33. The molecule has 144 valence electrons. The van der Waals surface area contributed by atoms with Gasteiger partial charge in [-0.05, 0) is 24.6 Å². The molecule has 0 amide bonds. The van der Waals surface area contributed by atoms with Crippen LogP contribution in [0.3, 0.4) is 0 Å². The molecule has 0 aliphatic carbocycles. The van der Waals surface area contributed by atoms with E-state index in [0.717, 1.165) is 5.56 Å². The minimum Gasteiger partial charge on any atom is -0.392 e. The van der Waals surface area contributed by atoms with Crippen molar-refractivity contribution in [3.63, 3.8) is 0 Å². The summed E-state index contributed by atoms with van der Waals surface area (Å²) in [6.07, 6.45) is 0. The summed E-state index contributed by atoms with van der Waals surface area (Å²) >= 11 is 0. The fourth-order valence-corrected chi connectivity index (χ4v) is 4.04. The molecule has 5 nitrogen and oxygen atoms in total. The fourth-order valence-electron chi connectivity index (χ4n) is 2.88. The Morgan fingerprint density at radius 3 is 1.96 bits per heavy atom. The van der Waals surface area contributed by atoms with E-state index in [2.05, 4.69) is 0 Å². The van der Waals surface area contributed by atoms with Crippen molar-refractivity contribution < 1.29 is 22.5 Å². The largest absolute Gasteiger partial charge is 0.392 e. The van der Waals surface area contributed by atoms with Gasteiger partial charge in [0.1, 0.15) is 0 Å². The predicted octanol–water partition coefficient (Wildman–Crippen LogP) is 3.47. The van der Waals surface area contributed by atoms with E-state index in [1.165, 1.54) is 12.1 Å². The highest BCUT2D eigenvalue weighted by Crippen LogP contribution is 2.33. The van der Waals surface area contributed by atoms with E-state index >= 15 is 0 Å². The smallest absolute Gasteiger partial charge is 0.298 e. The monoisotopic (exact) mass is 396 g/mol. The van der Waals surface area contributed by atoms with Crippen LogP contribution in [-0.2, 0) is 19.9 Å². The van der Waals surface area contributed by atoms with Crippen molar-refractivity contribution in [1.29, 1.82) is 0 Å². The first-order valence-electron chi connectivity index (χ1n) is 8.67. The number of ketones is 1. The van der Waals surface area contributed by atoms with Gasteiger partial charge in [0.2, 0.25) is 5.78 Å². The maximum Gasteiger partial charge on any atom is 0.298 e. The van der Waals surface area contributed by atoms with Crippen LogP contribution in [0.15, 0.2) is 89.8 Å². The summed E-state index contributed by atoms with van der Waals surface area (Å²) in [5.74, 6) is -0.641. The average molecular weight is 396 g/mol. The Bertz CT molecular complexity index is 1050. The van der Waals surface area contributed by atoms with Crippen molar-refractivity contribution in [3.05, 3.63) is 102 Å². The number of aliphatic hydroxyl groups excluding tert-OH is 1. The minimum absolute atomic E-state index is 0.0901. The number of aliphatic hydroxyl groups is 1. The maximum absolute atomic E-state index is 13.3. The number of hydrogen-bond acceptors (Lipinski definition) is 5. The van der Waals surface area contributed by atoms with Gasteiger partial charge in [-0.1, -0.05) is 78.4 Å². The zero-order chi connectivity index (χ0) is 20.2. The summed E-state index contributed by atoms with van der Waals surface area (Å²) in [6, 6.07) is 22.4. The Hall–Kier alpha value is -2.80. The molecule has 1 N–H and O–H groups in total. The number of carbonyl (C=O) groups is 1. The van der Waals surface area contributed by atoms with E-state index in [0.29, 0.717) is 0 Å². The molecule has 1 unspecified atom stereocenters. The molecule has 0 aliphatic heterocycles. The molecular weight excluding hydrogens is 376 g/mol. The van der Waals surface area contributed by atoms with E-state index in [9.17, 15) is 18.3 Å². The zero-order valence-corrected chi connectivity index (χ0v) is 16.1. The van der Waals surface area contributed by atoms with Crippen molar-refractivity contribution in [2.24, 2.45) is 0 Å². The summed E-state index contributed by atoms with van der Waals surface area (Å²) < 4.78 is 31.4. The molecule has 0 bridgehead atoms. The summed E-state index contributed by atoms with van der Waals surface area (Å²) in [4.78, 5) is 13.2. The quantitative estimate of drug-likeness (QED) is 0.489. The highest BCUT2D eigenvalue weighted by molar-refractivity contribution is 7.86. The highest BCUT2D eigenvalue weighted by Gasteiger charge is 2.46. The number of Topliss-reactive ketones (excluding diaryl/α,β-unsaturated/α-hetero) is 1. The lowest BCUT2D eigenvalue weighted by Gasteiger charge is -2.30. The molecule has 0 aliphatic rings. The third-order valence-corrected chi connectivity index (χ3v) is 5.78. The van der Waals surface area contributed by atoms with Crippen LogP contribution in [0, 0.1) is 6.92 Å². The molecule has 0 aromatic heterocycles. The van der Waals surface area contributed by atoms with Crippen LogP contribution < -0.4 is 0 Å². The van der Waals surface area contributed by atoms with Gasteiger partial charge in [-0.3, -0.25) is 4.79 Å². The van der Waals surface area contributed by atoms with Crippen molar-refractivity contribution >= 4 is 15.9 Å². The SMILES string of the molecule is Cc1ccc(S(=O)(=O)OC(CO)(C(=O)c2ccccc2)c2ccccc2)cc1. The van der Waals surface area contributed by atoms with E-state index in [-0.39, 0.29) is 16.0 Å². The number of benzene rings is 3. The van der Waals surface area contributed by atoms with Crippen molar-refractivity contribution in [2.75, 3.05) is 6.61 Å². The van der Waals surface area contributed by atoms with Gasteiger partial charge in [0.05, 0.1) is 11.5 Å². The Balaban J connectivity index is 2.13. The second kappa shape index (κ2) is 8.06. The molecule has 0 saturated heterocycles. The van der Waals surface area contributed by atoms with Gasteiger partial charge in [-0.25, -0.2) is 4.18 Å². The predicted molar refractivity (Wildman–Crippen MR) is 105 cm³/mol. The van der Waals surface area contributed by atoms with Crippen molar-refractivity contribution in [2.45, 2.75) is 17.4 Å². The third kappa shape index (κ3) is 3.89. The van der Waals surface area contributed by atoms with Crippen LogP contribution in [0.25, 0.3) is 0 Å². The van der Waals surface area contributed by atoms with Crippen LogP contribution in [0.2, 0.25) is 0 Å². The number of aryl methyl sites for hydroxylation is 1. The van der Waals surface area contributed by atoms with Crippen molar-refractivity contribution in [3.8, 4) is 0 Å². The lowest BCUT2D eigenvalue weighted by molar-refractivity contribution is 0.0156. The number of carbonyl (C=O) groups excluding carboxylic acids is 1. The lowest BCUT2D eigenvalue weighted by atomic mass is 9.86. The first-order valence-corrected chi connectivity index (χ1v) is 10.1. The fraction of sp³-hybridized carbons (Fsp3) is 0.136. The maximum atomic E-state index is 13.3. The molecule has 3 aromatic rings. The Morgan fingerprint density at radius 1 is 0.893 bits per heavy atom. The molecule has 3 aromatic carbocycles. The summed E-state index contributed by atoms with van der Waals surface area (Å²) in [5.41, 5.74) is -0.718. The first-order chi connectivity index (χ1) is 13.4. The first kappa shape index (κ1) is 19.9. The molecular formula is C22H20O5S. The molecule has 0 radical (unpaired) electrons. The van der Waals surface area contributed by atoms with Gasteiger partial charge >= 0.3 is 0 Å². The van der Waals surface area contributed by atoms with Gasteiger partial charge in [-0.2, -0.15) is 8.42 Å². The van der Waals surface area contributed by atoms with Crippen LogP contribution in [0.1, 0.15) is 21.5 Å². The summed E-state index contributed by atoms with van der Waals surface area (Å²) in [6.45, 7) is 0.994. The molecule has 0 fully saturated rings. The van der Waals surface area contributed by atoms with E-state index in [1.54, 1.807) is 72.8 Å². The van der Waals surface area contributed by atoms with Gasteiger partial charge in [0.25, 0.3) is 10.1 Å². The van der Waals surface area contributed by atoms with E-state index < -0.39 is 28.1 Å². The Kier molecular flexibility index (Phi) is 5.74. The van der Waals surface area contributed by atoms with Crippen molar-refractivity contribution in [1.82, 2.24) is 0 Å². The molecule has 0 spiro atoms. The van der Waals surface area contributed by atoms with Gasteiger partial charge in [0.15, 0.2) is 5.60 Å². The molecule has 28 heavy (non-hydrogen) atoms. The molecule has 1 atom stereocenters. The Labute approximate surface area is 164 Å². The highest BCUT2D eigenvalue weighted by atomic mass is 32.2. The average Bonchev–Trinajstić information content (AvgIpc) is 2.73. The zero-order valence-electron chi connectivity index (χ0n) is 15.3. The molecule has 3 rings (SSSR count). The second-order valence-electron chi connectivity index (χ2n) is 6.40. The van der Waals surface area contributed by atoms with E-state index in [4.69, 9.17) is 4.18 Å². The van der Waals surface area contributed by atoms with Crippen LogP contribution >= 0.6 is 0 Å². The van der Waals surface area contributed by atoms with Crippen LogP contribution in [-0.4, -0.2) is 25.9 Å². The topological polar surface area (TPSA) is 80.7 Å². The second-order valence-corrected chi connectivity index (χ2v) is 7.94. The van der Waals surface area contributed by atoms with Crippen LogP contribution in [0.4, 0.5) is 0 Å². The third-order valence-electron chi connectivity index (χ3n) is 4.43. The molecule has 0 heterocycles. The van der Waals surface area contributed by atoms with Gasteiger partial charge in [0, 0.05) is 5.56 Å². The standard InChI is InChI=1S/C22H20O5S/c1-17-12-14-20(15-13-17)28(25,26)27-22(16-23,19-10-6-3-7-11-19)21(24)18-8-4-2-5-9-18/h2-15,23H,16H2,1H3. The molecule has 6 heteroatoms. The number of hydrogen-bond donors (Lipinski definition) is 1. The lowest BCUT2D eigenvalue weighted by Crippen LogP contribution is -2.44. The van der Waals surface area contributed by atoms with Gasteiger partial charge in [-0.15, -0.1) is 0 Å². The summed E-state index contributed by atoms with van der Waals surface area (Å²) in [7, 11) is -4.33.